The molecule has 12 rings (SSSR count). The fraction of sp³-hybridized carbons (Fsp3) is 0.0345. The van der Waals surface area contributed by atoms with Gasteiger partial charge in [-0.2, -0.15) is 0 Å². The molecule has 0 amide bonds. The van der Waals surface area contributed by atoms with Crippen molar-refractivity contribution in [3.63, 3.8) is 0 Å². The van der Waals surface area contributed by atoms with Gasteiger partial charge in [0.25, 0.3) is 0 Å². The van der Waals surface area contributed by atoms with Crippen LogP contribution in [0.5, 0.6) is 0 Å². The lowest BCUT2D eigenvalue weighted by Gasteiger charge is -2.49. The summed E-state index contributed by atoms with van der Waals surface area (Å²) in [6, 6.07) is 88.1. The molecular weight excluding hydrogens is 711 g/mol. The van der Waals surface area contributed by atoms with Crippen LogP contribution in [0.25, 0.3) is 32.7 Å². The van der Waals surface area contributed by atoms with E-state index in [9.17, 15) is 0 Å². The van der Waals surface area contributed by atoms with Gasteiger partial charge in [-0.3, -0.25) is 0 Å². The fourth-order valence-electron chi connectivity index (χ4n) is 10.9. The molecule has 276 valence electrons. The van der Waals surface area contributed by atoms with E-state index in [0.29, 0.717) is 0 Å². The van der Waals surface area contributed by atoms with Crippen molar-refractivity contribution >= 4 is 38.6 Å². The molecule has 2 aliphatic carbocycles. The minimum Gasteiger partial charge on any atom is -0.309 e. The summed E-state index contributed by atoms with van der Waals surface area (Å²) in [5.41, 5.74) is 15.4. The van der Waals surface area contributed by atoms with E-state index in [1.807, 2.05) is 0 Å². The van der Waals surface area contributed by atoms with Gasteiger partial charge in [-0.25, -0.2) is 0 Å². The topological polar surface area (TPSA) is 3.24 Å². The lowest BCUT2D eigenvalue weighted by Crippen LogP contribution is -2.44. The Morgan fingerprint density at radius 2 is 0.695 bits per heavy atom. The largest absolute Gasteiger partial charge is 0.309 e. The number of benzene rings is 10. The standard InChI is InChI=1S/C58H39N/c1-3-22-42(23-4-1)57(51-31-13-14-32-52(51)58(43-24-5-2-6-25-43)50-30-12-11-28-48(50)49-29-17-33-53(57)56(49)58)44-36-38-45(39-37-44)59(54-34-15-20-40-18-7-9-26-46(40)54)55-35-16-21-41-19-8-10-27-47(41)55/h1-39H. The predicted molar refractivity (Wildman–Crippen MR) is 245 cm³/mol. The number of hydrogen-bond donors (Lipinski definition) is 0. The smallest absolute Gasteiger partial charge is 0.0720 e. The summed E-state index contributed by atoms with van der Waals surface area (Å²) in [5, 5.41) is 4.86. The summed E-state index contributed by atoms with van der Waals surface area (Å²) < 4.78 is 0. The van der Waals surface area contributed by atoms with E-state index in [0.717, 1.165) is 17.1 Å². The van der Waals surface area contributed by atoms with Crippen LogP contribution >= 0.6 is 0 Å². The quantitative estimate of drug-likeness (QED) is 0.164. The van der Waals surface area contributed by atoms with Crippen molar-refractivity contribution in [1.29, 1.82) is 0 Å². The fourth-order valence-corrected chi connectivity index (χ4v) is 10.9. The Balaban J connectivity index is 1.16. The average Bonchev–Trinajstić information content (AvgIpc) is 3.62. The van der Waals surface area contributed by atoms with Gasteiger partial charge in [-0.1, -0.05) is 212 Å². The Hall–Kier alpha value is -7.48. The Morgan fingerprint density at radius 1 is 0.271 bits per heavy atom. The van der Waals surface area contributed by atoms with Crippen molar-refractivity contribution in [3.05, 3.63) is 281 Å². The molecule has 0 N–H and O–H groups in total. The molecule has 0 heterocycles. The van der Waals surface area contributed by atoms with Crippen molar-refractivity contribution in [2.24, 2.45) is 0 Å². The van der Waals surface area contributed by atoms with Gasteiger partial charge in [0.15, 0.2) is 0 Å². The number of nitrogens with zero attached hydrogens (tertiary/aromatic N) is 1. The molecule has 2 aliphatic rings. The summed E-state index contributed by atoms with van der Waals surface area (Å²) >= 11 is 0. The van der Waals surface area contributed by atoms with E-state index in [-0.39, 0.29) is 0 Å². The molecule has 0 bridgehead atoms. The normalized spacial score (nSPS) is 17.3. The average molecular weight is 750 g/mol. The summed E-state index contributed by atoms with van der Waals surface area (Å²) in [5.74, 6) is 0. The summed E-state index contributed by atoms with van der Waals surface area (Å²) in [6.45, 7) is 0. The van der Waals surface area contributed by atoms with Gasteiger partial charge in [-0.15, -0.1) is 0 Å². The molecule has 0 saturated heterocycles. The van der Waals surface area contributed by atoms with Crippen LogP contribution < -0.4 is 4.90 Å². The van der Waals surface area contributed by atoms with Gasteiger partial charge in [0.05, 0.1) is 22.2 Å². The van der Waals surface area contributed by atoms with Crippen LogP contribution in [0.2, 0.25) is 0 Å². The van der Waals surface area contributed by atoms with E-state index in [1.165, 1.54) is 77.2 Å². The molecule has 0 saturated carbocycles. The third-order valence-electron chi connectivity index (χ3n) is 13.2. The Kier molecular flexibility index (Phi) is 7.43. The second kappa shape index (κ2) is 13.0. The maximum Gasteiger partial charge on any atom is 0.0720 e. The zero-order valence-corrected chi connectivity index (χ0v) is 32.5. The zero-order chi connectivity index (χ0) is 39.0. The van der Waals surface area contributed by atoms with Crippen LogP contribution in [0, 0.1) is 0 Å². The molecule has 0 radical (unpaired) electrons. The predicted octanol–water partition coefficient (Wildman–Crippen LogP) is 14.5. The summed E-state index contributed by atoms with van der Waals surface area (Å²) in [7, 11) is 0. The third-order valence-corrected chi connectivity index (χ3v) is 13.2. The van der Waals surface area contributed by atoms with Gasteiger partial charge in [0.1, 0.15) is 0 Å². The van der Waals surface area contributed by atoms with E-state index in [2.05, 4.69) is 241 Å². The number of hydrogen-bond acceptors (Lipinski definition) is 1. The lowest BCUT2D eigenvalue weighted by atomic mass is 9.52. The highest BCUT2D eigenvalue weighted by Crippen LogP contribution is 2.65. The van der Waals surface area contributed by atoms with E-state index in [4.69, 9.17) is 0 Å². The lowest BCUT2D eigenvalue weighted by molar-refractivity contribution is 0.626. The first kappa shape index (κ1) is 33.6. The van der Waals surface area contributed by atoms with Crippen molar-refractivity contribution < 1.29 is 0 Å². The molecular formula is C58H39N. The molecule has 10 aromatic rings. The maximum atomic E-state index is 2.45. The summed E-state index contributed by atoms with van der Waals surface area (Å²) in [4.78, 5) is 2.45. The monoisotopic (exact) mass is 749 g/mol. The van der Waals surface area contributed by atoms with Crippen molar-refractivity contribution in [1.82, 2.24) is 0 Å². The molecule has 2 atom stereocenters. The van der Waals surface area contributed by atoms with Gasteiger partial charge < -0.3 is 4.90 Å². The first-order valence-electron chi connectivity index (χ1n) is 20.6. The highest BCUT2D eigenvalue weighted by Gasteiger charge is 2.57. The van der Waals surface area contributed by atoms with Crippen molar-refractivity contribution in [3.8, 4) is 11.1 Å². The number of rotatable bonds is 6. The first-order valence-corrected chi connectivity index (χ1v) is 20.6. The maximum absolute atomic E-state index is 2.45. The minimum absolute atomic E-state index is 0.474. The molecule has 59 heavy (non-hydrogen) atoms. The summed E-state index contributed by atoms with van der Waals surface area (Å²) in [6.07, 6.45) is 0. The molecule has 1 heteroatoms. The van der Waals surface area contributed by atoms with Crippen LogP contribution in [-0.2, 0) is 10.8 Å². The van der Waals surface area contributed by atoms with Crippen LogP contribution in [0.1, 0.15) is 44.5 Å². The van der Waals surface area contributed by atoms with E-state index >= 15 is 0 Å². The van der Waals surface area contributed by atoms with E-state index < -0.39 is 10.8 Å². The Morgan fingerprint density at radius 3 is 1.32 bits per heavy atom. The minimum atomic E-state index is -0.605. The molecule has 1 nitrogen and oxygen atoms in total. The molecule has 0 fully saturated rings. The van der Waals surface area contributed by atoms with Crippen LogP contribution in [-0.4, -0.2) is 0 Å². The first-order chi connectivity index (χ1) is 29.3. The molecule has 0 aliphatic heterocycles. The zero-order valence-electron chi connectivity index (χ0n) is 32.5. The second-order valence-electron chi connectivity index (χ2n) is 15.9. The Bertz CT molecular complexity index is 3130. The van der Waals surface area contributed by atoms with Crippen LogP contribution in [0.3, 0.4) is 0 Å². The Labute approximate surface area is 345 Å². The van der Waals surface area contributed by atoms with Gasteiger partial charge in [-0.05, 0) is 90.7 Å². The van der Waals surface area contributed by atoms with Crippen LogP contribution in [0.15, 0.2) is 237 Å². The SMILES string of the molecule is c1ccc(C2(c3ccc(N(c4cccc5ccccc45)c4cccc5ccccc45)cc3)c3ccccc3C3(c4ccccc4)c4ccccc4-c4cccc2c43)cc1. The molecule has 10 aromatic carbocycles. The molecule has 0 aromatic heterocycles. The highest BCUT2D eigenvalue weighted by molar-refractivity contribution is 6.04. The van der Waals surface area contributed by atoms with Crippen molar-refractivity contribution in [2.45, 2.75) is 10.8 Å². The number of fused-ring (bicyclic) bond motifs is 7. The van der Waals surface area contributed by atoms with Crippen LogP contribution in [0.4, 0.5) is 17.1 Å². The number of anilines is 3. The van der Waals surface area contributed by atoms with Gasteiger partial charge in [0, 0.05) is 16.5 Å². The van der Waals surface area contributed by atoms with Gasteiger partial charge >= 0.3 is 0 Å². The van der Waals surface area contributed by atoms with Crippen molar-refractivity contribution in [2.75, 3.05) is 4.90 Å². The molecule has 0 spiro atoms. The highest BCUT2D eigenvalue weighted by atomic mass is 15.1. The van der Waals surface area contributed by atoms with E-state index in [1.54, 1.807) is 0 Å². The van der Waals surface area contributed by atoms with Gasteiger partial charge in [0.2, 0.25) is 0 Å². The second-order valence-corrected chi connectivity index (χ2v) is 15.9. The molecule has 2 unspecified atom stereocenters. The third kappa shape index (κ3) is 4.62.